The molecule has 1 saturated heterocycles. The average molecular weight is 492 g/mol. The van der Waals surface area contributed by atoms with E-state index in [-0.39, 0.29) is 28.0 Å². The van der Waals surface area contributed by atoms with Gasteiger partial charge in [-0.1, -0.05) is 0 Å². The third kappa shape index (κ3) is 4.45. The summed E-state index contributed by atoms with van der Waals surface area (Å²) in [6.07, 6.45) is -7.70. The molecular formula is C23H24O12. The number of rotatable bonds is 6. The summed E-state index contributed by atoms with van der Waals surface area (Å²) in [5.41, 5.74) is -0.846. The Morgan fingerprint density at radius 1 is 0.886 bits per heavy atom. The predicted octanol–water partition coefficient (Wildman–Crippen LogP) is 0.0671. The minimum atomic E-state index is -1.70. The summed E-state index contributed by atoms with van der Waals surface area (Å²) >= 11 is 0. The van der Waals surface area contributed by atoms with E-state index in [1.165, 1.54) is 32.4 Å². The molecule has 0 spiro atoms. The van der Waals surface area contributed by atoms with Crippen molar-refractivity contribution < 1.29 is 54.0 Å². The molecule has 0 amide bonds. The summed E-state index contributed by atoms with van der Waals surface area (Å²) in [7, 11) is 2.85. The summed E-state index contributed by atoms with van der Waals surface area (Å²) in [4.78, 5) is 12.8. The number of phenolic OH excluding ortho intramolecular Hbond substituents is 1. The fourth-order valence-electron chi connectivity index (χ4n) is 3.77. The van der Waals surface area contributed by atoms with Crippen LogP contribution in [0.3, 0.4) is 0 Å². The van der Waals surface area contributed by atoms with E-state index < -0.39 is 54.2 Å². The number of aliphatic hydroxyl groups is 4. The Bertz CT molecular complexity index is 1260. The highest BCUT2D eigenvalue weighted by Crippen LogP contribution is 2.38. The Balaban J connectivity index is 1.78. The lowest BCUT2D eigenvalue weighted by Crippen LogP contribution is -2.60. The Kier molecular flexibility index (Phi) is 6.74. The maximum absolute atomic E-state index is 12.8. The van der Waals surface area contributed by atoms with Gasteiger partial charge in [-0.15, -0.1) is 0 Å². The first-order valence-corrected chi connectivity index (χ1v) is 10.4. The molecule has 6 N–H and O–H groups in total. The molecular weight excluding hydrogens is 468 g/mol. The van der Waals surface area contributed by atoms with Crippen LogP contribution in [0.5, 0.6) is 28.7 Å². The lowest BCUT2D eigenvalue weighted by Gasteiger charge is -2.39. The van der Waals surface area contributed by atoms with Crippen molar-refractivity contribution in [3.63, 3.8) is 0 Å². The van der Waals surface area contributed by atoms with Crippen LogP contribution in [0.4, 0.5) is 0 Å². The van der Waals surface area contributed by atoms with E-state index in [0.29, 0.717) is 11.5 Å². The quantitative estimate of drug-likeness (QED) is 0.272. The van der Waals surface area contributed by atoms with Gasteiger partial charge in [0, 0.05) is 23.8 Å². The zero-order chi connectivity index (χ0) is 25.4. The van der Waals surface area contributed by atoms with E-state index in [1.807, 2.05) is 0 Å². The van der Waals surface area contributed by atoms with Gasteiger partial charge in [-0.25, -0.2) is 0 Å². The van der Waals surface area contributed by atoms with Gasteiger partial charge in [0.2, 0.25) is 17.5 Å². The monoisotopic (exact) mass is 492 g/mol. The SMILES string of the molecule is COc1cc(OC)cc(-c2oc3cc(O[C@@H]4O[C@H](CO)[C@@H](O)[C@@H](O)[C@H]4O)cc(O)c3c(=O)c2O)c1. The molecule has 4 rings (SSSR count). The highest BCUT2D eigenvalue weighted by atomic mass is 16.7. The third-order valence-corrected chi connectivity index (χ3v) is 5.64. The lowest BCUT2D eigenvalue weighted by molar-refractivity contribution is -0.277. The standard InChI is InChI=1S/C23H24O12/c1-31-10-3-9(4-11(5-10)32-2)22-20(29)18(27)16-13(25)6-12(7-14(16)34-22)33-23-21(30)19(28)17(26)15(8-24)35-23/h3-7,15,17,19,21,23-26,28-30H,8H2,1-2H3/t15-,17-,19-,21-,23-/m1/s1. The number of hydrogen-bond donors (Lipinski definition) is 6. The van der Waals surface area contributed by atoms with Gasteiger partial charge in [-0.05, 0) is 12.1 Å². The molecule has 2 heterocycles. The van der Waals surface area contributed by atoms with Crippen LogP contribution < -0.4 is 19.6 Å². The molecule has 0 saturated carbocycles. The molecule has 1 aliphatic heterocycles. The van der Waals surface area contributed by atoms with Crippen LogP contribution in [-0.2, 0) is 4.74 Å². The van der Waals surface area contributed by atoms with Gasteiger partial charge >= 0.3 is 0 Å². The van der Waals surface area contributed by atoms with Crippen molar-refractivity contribution in [3.05, 3.63) is 40.6 Å². The van der Waals surface area contributed by atoms with Crippen molar-refractivity contribution >= 4 is 11.0 Å². The first-order chi connectivity index (χ1) is 16.7. The van der Waals surface area contributed by atoms with Gasteiger partial charge in [0.05, 0.1) is 20.8 Å². The second-order valence-electron chi connectivity index (χ2n) is 7.84. The largest absolute Gasteiger partial charge is 0.507 e. The Hall–Kier alpha value is -3.55. The number of benzene rings is 2. The normalized spacial score (nSPS) is 24.3. The minimum Gasteiger partial charge on any atom is -0.507 e. The van der Waals surface area contributed by atoms with Gasteiger partial charge < -0.3 is 54.0 Å². The Morgan fingerprint density at radius 2 is 1.54 bits per heavy atom. The van der Waals surface area contributed by atoms with E-state index >= 15 is 0 Å². The molecule has 188 valence electrons. The first kappa shape index (κ1) is 24.6. The van der Waals surface area contributed by atoms with Gasteiger partial charge in [0.15, 0.2) is 5.76 Å². The van der Waals surface area contributed by atoms with Gasteiger partial charge in [0.1, 0.15) is 58.4 Å². The van der Waals surface area contributed by atoms with Crippen LogP contribution in [0.2, 0.25) is 0 Å². The highest BCUT2D eigenvalue weighted by molar-refractivity contribution is 5.88. The molecule has 0 radical (unpaired) electrons. The van der Waals surface area contributed by atoms with Crippen LogP contribution in [0.25, 0.3) is 22.3 Å². The molecule has 3 aromatic rings. The fraction of sp³-hybridized carbons (Fsp3) is 0.348. The zero-order valence-electron chi connectivity index (χ0n) is 18.6. The van der Waals surface area contributed by atoms with Gasteiger partial charge in [-0.3, -0.25) is 4.79 Å². The van der Waals surface area contributed by atoms with E-state index in [0.717, 1.165) is 6.07 Å². The summed E-state index contributed by atoms with van der Waals surface area (Å²) in [5, 5.41) is 60.1. The van der Waals surface area contributed by atoms with Crippen molar-refractivity contribution in [2.45, 2.75) is 30.7 Å². The third-order valence-electron chi connectivity index (χ3n) is 5.64. The predicted molar refractivity (Wildman–Crippen MR) is 119 cm³/mol. The number of hydrogen-bond acceptors (Lipinski definition) is 12. The van der Waals surface area contributed by atoms with Crippen LogP contribution >= 0.6 is 0 Å². The van der Waals surface area contributed by atoms with E-state index in [4.69, 9.17) is 23.4 Å². The average Bonchev–Trinajstić information content (AvgIpc) is 2.85. The smallest absolute Gasteiger partial charge is 0.238 e. The van der Waals surface area contributed by atoms with E-state index in [1.54, 1.807) is 6.07 Å². The molecule has 0 aliphatic carbocycles. The molecule has 5 atom stereocenters. The number of fused-ring (bicyclic) bond motifs is 1. The molecule has 0 bridgehead atoms. The number of phenols is 1. The Labute approximate surface area is 197 Å². The van der Waals surface area contributed by atoms with Gasteiger partial charge in [-0.2, -0.15) is 0 Å². The molecule has 0 unspecified atom stereocenters. The van der Waals surface area contributed by atoms with Crippen LogP contribution in [-0.4, -0.2) is 82.2 Å². The zero-order valence-corrected chi connectivity index (χ0v) is 18.6. The minimum absolute atomic E-state index is 0.137. The van der Waals surface area contributed by atoms with Crippen molar-refractivity contribution in [2.75, 3.05) is 20.8 Å². The molecule has 1 aliphatic rings. The second-order valence-corrected chi connectivity index (χ2v) is 7.84. The van der Waals surface area contributed by atoms with Crippen molar-refractivity contribution in [1.29, 1.82) is 0 Å². The van der Waals surface area contributed by atoms with Gasteiger partial charge in [0.25, 0.3) is 0 Å². The number of aliphatic hydroxyl groups excluding tert-OH is 4. The number of ether oxygens (including phenoxy) is 4. The fourth-order valence-corrected chi connectivity index (χ4v) is 3.77. The molecule has 12 heteroatoms. The summed E-state index contributed by atoms with van der Waals surface area (Å²) < 4.78 is 27.0. The molecule has 1 aromatic heterocycles. The topological polar surface area (TPSA) is 189 Å². The number of methoxy groups -OCH3 is 2. The first-order valence-electron chi connectivity index (χ1n) is 10.4. The lowest BCUT2D eigenvalue weighted by atomic mass is 9.99. The van der Waals surface area contributed by atoms with Crippen molar-refractivity contribution in [3.8, 4) is 40.1 Å². The molecule has 35 heavy (non-hydrogen) atoms. The maximum Gasteiger partial charge on any atom is 0.238 e. The van der Waals surface area contributed by atoms with E-state index in [9.17, 15) is 35.4 Å². The highest BCUT2D eigenvalue weighted by Gasteiger charge is 2.44. The number of aromatic hydroxyl groups is 2. The molecule has 12 nitrogen and oxygen atoms in total. The Morgan fingerprint density at radius 3 is 2.14 bits per heavy atom. The van der Waals surface area contributed by atoms with Crippen LogP contribution in [0.15, 0.2) is 39.5 Å². The van der Waals surface area contributed by atoms with Crippen LogP contribution in [0, 0.1) is 0 Å². The molecule has 2 aromatic carbocycles. The van der Waals surface area contributed by atoms with E-state index in [2.05, 4.69) is 0 Å². The summed E-state index contributed by atoms with van der Waals surface area (Å²) in [6.45, 7) is -0.657. The molecule has 1 fully saturated rings. The second kappa shape index (κ2) is 9.60. The van der Waals surface area contributed by atoms with Crippen molar-refractivity contribution in [2.24, 2.45) is 0 Å². The summed E-state index contributed by atoms with van der Waals surface area (Å²) in [5.74, 6) is -0.994. The summed E-state index contributed by atoms with van der Waals surface area (Å²) in [6, 6.07) is 6.81. The van der Waals surface area contributed by atoms with Crippen LogP contribution in [0.1, 0.15) is 0 Å². The van der Waals surface area contributed by atoms with Crippen molar-refractivity contribution in [1.82, 2.24) is 0 Å². The maximum atomic E-state index is 12.8.